The lowest BCUT2D eigenvalue weighted by Gasteiger charge is -2.11. The standard InChI is InChI=1S/C24H25N3O3S.C24H23N3O3S/c2*1-16(28)20-5-3-4-6-21(20)18-10-13-22-23(15-18)26-24(25-22)14-9-17-7-11-19(12-8-17)27-31(2,29)30/h3-8,10-13,15-16,27-28H,9,14H2,1-2H3,(H,25,26);3-8,10-13,15,27H,9,14H2,1-2H3,(H,25,26). The number of hydrogen-bond acceptors (Lipinski definition) is 8. The molecule has 0 saturated carbocycles. The number of aromatic nitrogens is 4. The van der Waals surface area contributed by atoms with Crippen LogP contribution in [0, 0.1) is 0 Å². The zero-order chi connectivity index (χ0) is 44.0. The van der Waals surface area contributed by atoms with Crippen LogP contribution in [0.4, 0.5) is 11.4 Å². The van der Waals surface area contributed by atoms with Crippen molar-refractivity contribution >= 4 is 59.3 Å². The number of rotatable bonds is 14. The molecule has 2 heterocycles. The van der Waals surface area contributed by atoms with Gasteiger partial charge in [-0.2, -0.15) is 0 Å². The summed E-state index contributed by atoms with van der Waals surface area (Å²) in [6.45, 7) is 3.35. The van der Waals surface area contributed by atoms with Gasteiger partial charge in [-0.3, -0.25) is 14.2 Å². The van der Waals surface area contributed by atoms with Crippen molar-refractivity contribution < 1.29 is 26.7 Å². The molecule has 5 N–H and O–H groups in total. The Morgan fingerprint density at radius 3 is 1.48 bits per heavy atom. The predicted molar refractivity (Wildman–Crippen MR) is 248 cm³/mol. The molecule has 0 radical (unpaired) electrons. The lowest BCUT2D eigenvalue weighted by Crippen LogP contribution is -2.09. The zero-order valence-electron chi connectivity index (χ0n) is 34.8. The van der Waals surface area contributed by atoms with E-state index in [1.807, 2.05) is 103 Å². The summed E-state index contributed by atoms with van der Waals surface area (Å²) in [5.41, 5.74) is 12.5. The maximum atomic E-state index is 12.0. The van der Waals surface area contributed by atoms with Gasteiger partial charge < -0.3 is 15.1 Å². The topological polar surface area (TPSA) is 187 Å². The molecule has 14 heteroatoms. The van der Waals surface area contributed by atoms with Gasteiger partial charge >= 0.3 is 0 Å². The number of aliphatic hydroxyl groups is 1. The number of nitrogens with one attached hydrogen (secondary N) is 4. The van der Waals surface area contributed by atoms with Gasteiger partial charge in [0.25, 0.3) is 0 Å². The number of aryl methyl sites for hydroxylation is 4. The molecule has 2 aromatic heterocycles. The van der Waals surface area contributed by atoms with Crippen molar-refractivity contribution in [2.75, 3.05) is 22.0 Å². The highest BCUT2D eigenvalue weighted by Gasteiger charge is 2.13. The number of H-pyrrole nitrogens is 2. The maximum Gasteiger partial charge on any atom is 0.229 e. The monoisotopic (exact) mass is 868 g/mol. The van der Waals surface area contributed by atoms with Crippen LogP contribution in [-0.4, -0.2) is 60.2 Å². The Balaban J connectivity index is 0.000000186. The van der Waals surface area contributed by atoms with E-state index in [-0.39, 0.29) is 5.78 Å². The van der Waals surface area contributed by atoms with E-state index >= 15 is 0 Å². The molecule has 6 aromatic carbocycles. The van der Waals surface area contributed by atoms with Crippen LogP contribution in [-0.2, 0) is 45.7 Å². The molecule has 0 bridgehead atoms. The van der Waals surface area contributed by atoms with Crippen molar-refractivity contribution in [1.29, 1.82) is 0 Å². The summed E-state index contributed by atoms with van der Waals surface area (Å²) in [6.07, 6.45) is 4.77. The Labute approximate surface area is 361 Å². The second-order valence-corrected chi connectivity index (χ2v) is 18.8. The van der Waals surface area contributed by atoms with Crippen molar-refractivity contribution in [3.63, 3.8) is 0 Å². The van der Waals surface area contributed by atoms with Crippen LogP contribution in [0.1, 0.15) is 58.6 Å². The van der Waals surface area contributed by atoms with E-state index in [1.165, 1.54) is 0 Å². The molecular formula is C48H48N6O6S2. The largest absolute Gasteiger partial charge is 0.389 e. The molecule has 0 spiro atoms. The van der Waals surface area contributed by atoms with Crippen LogP contribution >= 0.6 is 0 Å². The number of hydrogen-bond donors (Lipinski definition) is 5. The number of Topliss-reactive ketones (excluding diaryl/α,β-unsaturated/α-hetero) is 1. The molecule has 0 amide bonds. The Hall–Kier alpha value is -6.61. The lowest BCUT2D eigenvalue weighted by atomic mass is 9.96. The smallest absolute Gasteiger partial charge is 0.229 e. The van der Waals surface area contributed by atoms with Gasteiger partial charge in [-0.05, 0) is 114 Å². The fourth-order valence-corrected chi connectivity index (χ4v) is 8.42. The highest BCUT2D eigenvalue weighted by atomic mass is 32.2. The molecule has 0 aliphatic carbocycles. The Morgan fingerprint density at radius 2 is 1.03 bits per heavy atom. The van der Waals surface area contributed by atoms with Gasteiger partial charge in [-0.1, -0.05) is 84.9 Å². The minimum atomic E-state index is -3.28. The van der Waals surface area contributed by atoms with Gasteiger partial charge in [-0.25, -0.2) is 26.8 Å². The van der Waals surface area contributed by atoms with Crippen LogP contribution in [0.3, 0.4) is 0 Å². The van der Waals surface area contributed by atoms with Crippen LogP contribution in [0.15, 0.2) is 133 Å². The van der Waals surface area contributed by atoms with Crippen molar-refractivity contribution in [3.05, 3.63) is 167 Å². The van der Waals surface area contributed by atoms with Crippen molar-refractivity contribution in [2.45, 2.75) is 45.6 Å². The number of aromatic amines is 2. The summed E-state index contributed by atoms with van der Waals surface area (Å²) in [4.78, 5) is 28.1. The number of fused-ring (bicyclic) bond motifs is 2. The van der Waals surface area contributed by atoms with Gasteiger partial charge in [0.1, 0.15) is 11.6 Å². The highest BCUT2D eigenvalue weighted by molar-refractivity contribution is 7.92. The van der Waals surface area contributed by atoms with Gasteiger partial charge in [0, 0.05) is 29.8 Å². The number of anilines is 2. The number of ketones is 1. The molecular weight excluding hydrogens is 821 g/mol. The minimum absolute atomic E-state index is 0.0405. The summed E-state index contributed by atoms with van der Waals surface area (Å²) >= 11 is 0. The van der Waals surface area contributed by atoms with Crippen LogP contribution in [0.2, 0.25) is 0 Å². The minimum Gasteiger partial charge on any atom is -0.389 e. The van der Waals surface area contributed by atoms with Crippen molar-refractivity contribution in [2.24, 2.45) is 0 Å². The number of imidazole rings is 2. The third-order valence-electron chi connectivity index (χ3n) is 10.2. The first-order valence-electron chi connectivity index (χ1n) is 20.1. The van der Waals surface area contributed by atoms with Gasteiger partial charge in [0.2, 0.25) is 20.0 Å². The molecule has 1 unspecified atom stereocenters. The normalized spacial score (nSPS) is 12.1. The number of benzene rings is 6. The Bertz CT molecular complexity index is 3090. The quantitative estimate of drug-likeness (QED) is 0.0670. The Kier molecular flexibility index (Phi) is 13.0. The number of aliphatic hydroxyl groups excluding tert-OH is 1. The summed E-state index contributed by atoms with van der Waals surface area (Å²) < 4.78 is 50.2. The van der Waals surface area contributed by atoms with Crippen LogP contribution in [0.25, 0.3) is 44.3 Å². The summed E-state index contributed by atoms with van der Waals surface area (Å²) in [7, 11) is -6.55. The lowest BCUT2D eigenvalue weighted by molar-refractivity contribution is 0.101. The molecule has 0 aliphatic heterocycles. The summed E-state index contributed by atoms with van der Waals surface area (Å²) in [6, 6.07) is 42.2. The fourth-order valence-electron chi connectivity index (χ4n) is 7.30. The fraction of sp³-hybridized carbons (Fsp3) is 0.188. The average Bonchev–Trinajstić information content (AvgIpc) is 3.85. The SMILES string of the molecule is CC(=O)c1ccccc1-c1ccc2nc(CCc3ccc(NS(C)(=O)=O)cc3)[nH]c2c1.CC(O)c1ccccc1-c1ccc2nc(CCc3ccc(NS(C)(=O)=O)cc3)[nH]c2c1. The molecule has 62 heavy (non-hydrogen) atoms. The van der Waals surface area contributed by atoms with E-state index in [9.17, 15) is 26.7 Å². The van der Waals surface area contributed by atoms with E-state index in [1.54, 1.807) is 38.1 Å². The predicted octanol–water partition coefficient (Wildman–Crippen LogP) is 9.03. The van der Waals surface area contributed by atoms with E-state index < -0.39 is 26.2 Å². The average molecular weight is 869 g/mol. The van der Waals surface area contributed by atoms with Crippen molar-refractivity contribution in [3.8, 4) is 22.3 Å². The molecule has 8 rings (SSSR count). The summed E-state index contributed by atoms with van der Waals surface area (Å²) in [5, 5.41) is 10.1. The molecule has 318 valence electrons. The van der Waals surface area contributed by atoms with Gasteiger partial charge in [0.15, 0.2) is 5.78 Å². The van der Waals surface area contributed by atoms with E-state index in [0.717, 1.165) is 111 Å². The summed E-state index contributed by atoms with van der Waals surface area (Å²) in [5.74, 6) is 1.82. The van der Waals surface area contributed by atoms with E-state index in [0.29, 0.717) is 16.9 Å². The first kappa shape index (κ1) is 43.5. The maximum absolute atomic E-state index is 12.0. The second kappa shape index (κ2) is 18.6. The molecule has 0 saturated heterocycles. The highest BCUT2D eigenvalue weighted by Crippen LogP contribution is 2.31. The third kappa shape index (κ3) is 11.4. The first-order valence-corrected chi connectivity index (χ1v) is 23.8. The Morgan fingerprint density at radius 1 is 0.597 bits per heavy atom. The second-order valence-electron chi connectivity index (χ2n) is 15.3. The number of carbonyl (C=O) groups excluding carboxylic acids is 1. The van der Waals surface area contributed by atoms with Crippen molar-refractivity contribution in [1.82, 2.24) is 19.9 Å². The zero-order valence-corrected chi connectivity index (χ0v) is 36.4. The molecule has 1 atom stereocenters. The van der Waals surface area contributed by atoms with Crippen LogP contribution < -0.4 is 9.44 Å². The molecule has 0 aliphatic rings. The number of nitrogens with zero attached hydrogens (tertiary/aromatic N) is 2. The van der Waals surface area contributed by atoms with E-state index in [4.69, 9.17) is 0 Å². The van der Waals surface area contributed by atoms with Gasteiger partial charge in [-0.15, -0.1) is 0 Å². The molecule has 0 fully saturated rings. The van der Waals surface area contributed by atoms with E-state index in [2.05, 4.69) is 35.4 Å². The molecule has 8 aromatic rings. The number of sulfonamides is 2. The van der Waals surface area contributed by atoms with Gasteiger partial charge in [0.05, 0.1) is 40.7 Å². The number of carbonyl (C=O) groups is 1. The van der Waals surface area contributed by atoms with Crippen LogP contribution in [0.5, 0.6) is 0 Å². The molecule has 12 nitrogen and oxygen atoms in total. The first-order chi connectivity index (χ1) is 29.6. The third-order valence-corrected chi connectivity index (χ3v) is 11.4.